The van der Waals surface area contributed by atoms with Crippen molar-refractivity contribution >= 4 is 19.0 Å². The van der Waals surface area contributed by atoms with Crippen molar-refractivity contribution in [2.24, 2.45) is 0 Å². The molecule has 0 unspecified atom stereocenters. The summed E-state index contributed by atoms with van der Waals surface area (Å²) < 4.78 is 0. The molecule has 0 aliphatic rings. The highest BCUT2D eigenvalue weighted by Crippen LogP contribution is 2.25. The molecule has 12 heavy (non-hydrogen) atoms. The number of rotatable bonds is 0. The van der Waals surface area contributed by atoms with Crippen molar-refractivity contribution in [3.63, 3.8) is 0 Å². The lowest BCUT2D eigenvalue weighted by Gasteiger charge is -2.14. The fourth-order valence-electron chi connectivity index (χ4n) is 1.19. The minimum Gasteiger partial charge on any atom is -0.508 e. The van der Waals surface area contributed by atoms with Crippen LogP contribution in [0, 0.1) is 20.8 Å². The van der Waals surface area contributed by atoms with Crippen molar-refractivity contribution in [1.82, 2.24) is 0 Å². The molecule has 1 aromatic carbocycles. The molecule has 0 spiro atoms. The number of hydrogen-bond donors (Lipinski definition) is 2. The Balaban J connectivity index is 3.60. The Bertz CT molecular complexity index is 229. The molecule has 0 aliphatic carbocycles. The Labute approximate surface area is 73.8 Å². The fourth-order valence-corrected chi connectivity index (χ4v) is 1.19. The monoisotopic (exact) mass is 161 g/mol. The molecule has 2 nitrogen and oxygen atoms in total. The van der Waals surface area contributed by atoms with Gasteiger partial charge in [0, 0.05) is 11.3 Å². The van der Waals surface area contributed by atoms with Gasteiger partial charge in [-0.3, -0.25) is 0 Å². The lowest BCUT2D eigenvalue weighted by Crippen LogP contribution is -2.13. The van der Waals surface area contributed by atoms with Crippen LogP contribution in [0.25, 0.3) is 0 Å². The molecule has 0 bridgehead atoms. The summed E-state index contributed by atoms with van der Waals surface area (Å²) in [4.78, 5) is 0. The Morgan fingerprint density at radius 1 is 1.08 bits per heavy atom. The van der Waals surface area contributed by atoms with Crippen LogP contribution in [0.3, 0.4) is 0 Å². The number of hydrogen-bond acceptors (Lipinski definition) is 2. The lowest BCUT2D eigenvalue weighted by atomic mass is 9.85. The zero-order chi connectivity index (χ0) is 9.46. The third kappa shape index (κ3) is 1.05. The normalized spacial score (nSPS) is 10.2. The predicted octanol–water partition coefficient (Wildman–Crippen LogP) is 0.693. The first kappa shape index (κ1) is 8.98. The Kier molecular flexibility index (Phi) is 2.05. The van der Waals surface area contributed by atoms with E-state index in [9.17, 15) is 5.11 Å². The third-order valence-corrected chi connectivity index (χ3v) is 2.38. The molecule has 1 rings (SSSR count). The summed E-state index contributed by atoms with van der Waals surface area (Å²) in [5.41, 5.74) is 9.26. The summed E-state index contributed by atoms with van der Waals surface area (Å²) >= 11 is 0. The van der Waals surface area contributed by atoms with Crippen LogP contribution in [0.4, 0.5) is 5.69 Å². The van der Waals surface area contributed by atoms with Gasteiger partial charge in [-0.2, -0.15) is 0 Å². The number of nitrogens with two attached hydrogens (primary N) is 1. The van der Waals surface area contributed by atoms with Gasteiger partial charge in [0.25, 0.3) is 0 Å². The number of benzene rings is 1. The summed E-state index contributed by atoms with van der Waals surface area (Å²) in [5.74, 6) is 0.107. The standard InChI is InChI=1S/C9H12BNO/c1-4-5(2)8(11)6(3)9(12)7(4)10/h12H,11H2,1-3H3. The molecular weight excluding hydrogens is 149 g/mol. The van der Waals surface area contributed by atoms with Crippen molar-refractivity contribution in [3.8, 4) is 5.75 Å². The molecule has 3 N–H and O–H groups in total. The highest BCUT2D eigenvalue weighted by molar-refractivity contribution is 6.35. The van der Waals surface area contributed by atoms with Crippen LogP contribution >= 0.6 is 0 Å². The number of phenols is 1. The van der Waals surface area contributed by atoms with E-state index in [1.54, 1.807) is 6.92 Å². The quantitative estimate of drug-likeness (QED) is 0.434. The van der Waals surface area contributed by atoms with Crippen LogP contribution < -0.4 is 11.2 Å². The van der Waals surface area contributed by atoms with E-state index in [-0.39, 0.29) is 5.75 Å². The van der Waals surface area contributed by atoms with E-state index in [2.05, 4.69) is 0 Å². The van der Waals surface area contributed by atoms with E-state index in [1.807, 2.05) is 13.8 Å². The first-order chi connectivity index (χ1) is 5.46. The smallest absolute Gasteiger partial charge is 0.119 e. The maximum Gasteiger partial charge on any atom is 0.119 e. The molecule has 0 aliphatic heterocycles. The molecule has 2 radical (unpaired) electrons. The Morgan fingerprint density at radius 3 is 2.08 bits per heavy atom. The van der Waals surface area contributed by atoms with Crippen LogP contribution in [-0.4, -0.2) is 13.0 Å². The van der Waals surface area contributed by atoms with E-state index >= 15 is 0 Å². The van der Waals surface area contributed by atoms with Gasteiger partial charge in [-0.05, 0) is 31.9 Å². The van der Waals surface area contributed by atoms with Crippen molar-refractivity contribution in [2.75, 3.05) is 5.73 Å². The molecule has 0 fully saturated rings. The van der Waals surface area contributed by atoms with E-state index < -0.39 is 0 Å². The number of nitrogen functional groups attached to an aromatic ring is 1. The predicted molar refractivity (Wildman–Crippen MR) is 52.1 cm³/mol. The van der Waals surface area contributed by atoms with Gasteiger partial charge in [0.1, 0.15) is 13.6 Å². The minimum absolute atomic E-state index is 0.107. The zero-order valence-electron chi connectivity index (χ0n) is 7.60. The van der Waals surface area contributed by atoms with Crippen molar-refractivity contribution in [2.45, 2.75) is 20.8 Å². The third-order valence-electron chi connectivity index (χ3n) is 2.38. The van der Waals surface area contributed by atoms with Gasteiger partial charge in [-0.25, -0.2) is 0 Å². The summed E-state index contributed by atoms with van der Waals surface area (Å²) in [5, 5.41) is 9.49. The van der Waals surface area contributed by atoms with E-state index in [4.69, 9.17) is 13.6 Å². The van der Waals surface area contributed by atoms with Crippen LogP contribution in [0.1, 0.15) is 16.7 Å². The van der Waals surface area contributed by atoms with E-state index in [0.29, 0.717) is 16.7 Å². The van der Waals surface area contributed by atoms with Gasteiger partial charge in [0.05, 0.1) is 0 Å². The molecule has 3 heteroatoms. The highest BCUT2D eigenvalue weighted by atomic mass is 16.3. The molecule has 0 atom stereocenters. The number of anilines is 1. The van der Waals surface area contributed by atoms with Crippen LogP contribution in [0.2, 0.25) is 0 Å². The second-order valence-corrected chi connectivity index (χ2v) is 3.05. The second-order valence-electron chi connectivity index (χ2n) is 3.05. The molecule has 0 saturated carbocycles. The number of aromatic hydroxyl groups is 1. The Morgan fingerprint density at radius 2 is 1.58 bits per heavy atom. The van der Waals surface area contributed by atoms with Gasteiger partial charge in [-0.1, -0.05) is 5.46 Å². The largest absolute Gasteiger partial charge is 0.508 e. The van der Waals surface area contributed by atoms with Gasteiger partial charge in [0.15, 0.2) is 0 Å². The summed E-state index contributed by atoms with van der Waals surface area (Å²) in [6, 6.07) is 0. The van der Waals surface area contributed by atoms with Gasteiger partial charge < -0.3 is 10.8 Å². The molecule has 0 heterocycles. The Hall–Kier alpha value is -1.12. The van der Waals surface area contributed by atoms with Gasteiger partial charge in [-0.15, -0.1) is 0 Å². The highest BCUT2D eigenvalue weighted by Gasteiger charge is 2.10. The van der Waals surface area contributed by atoms with Gasteiger partial charge in [0.2, 0.25) is 0 Å². The van der Waals surface area contributed by atoms with Crippen molar-refractivity contribution < 1.29 is 5.11 Å². The topological polar surface area (TPSA) is 46.2 Å². The van der Waals surface area contributed by atoms with E-state index in [1.165, 1.54) is 0 Å². The fraction of sp³-hybridized carbons (Fsp3) is 0.333. The number of phenolic OH excluding ortho intramolecular Hbond substituents is 1. The molecule has 0 amide bonds. The van der Waals surface area contributed by atoms with Crippen molar-refractivity contribution in [3.05, 3.63) is 16.7 Å². The molecule has 62 valence electrons. The maximum absolute atomic E-state index is 9.49. The summed E-state index contributed by atoms with van der Waals surface area (Å²) in [7, 11) is 5.65. The van der Waals surface area contributed by atoms with Crippen LogP contribution in [-0.2, 0) is 0 Å². The summed E-state index contributed by atoms with van der Waals surface area (Å²) in [6.45, 7) is 5.50. The zero-order valence-corrected chi connectivity index (χ0v) is 7.60. The molecular formula is C9H12BNO. The first-order valence-corrected chi connectivity index (χ1v) is 3.80. The van der Waals surface area contributed by atoms with Crippen LogP contribution in [0.5, 0.6) is 5.75 Å². The second kappa shape index (κ2) is 2.74. The van der Waals surface area contributed by atoms with Gasteiger partial charge >= 0.3 is 0 Å². The SMILES string of the molecule is [B]c1c(C)c(C)c(N)c(C)c1O. The molecule has 0 aromatic heterocycles. The van der Waals surface area contributed by atoms with E-state index in [0.717, 1.165) is 11.1 Å². The average molecular weight is 161 g/mol. The molecule has 1 aromatic rings. The van der Waals surface area contributed by atoms with Crippen molar-refractivity contribution in [1.29, 1.82) is 0 Å². The first-order valence-electron chi connectivity index (χ1n) is 3.80. The summed E-state index contributed by atoms with van der Waals surface area (Å²) in [6.07, 6.45) is 0. The van der Waals surface area contributed by atoms with Crippen LogP contribution in [0.15, 0.2) is 0 Å². The lowest BCUT2D eigenvalue weighted by molar-refractivity contribution is 0.475. The minimum atomic E-state index is 0.107. The maximum atomic E-state index is 9.49. The molecule has 0 saturated heterocycles. The average Bonchev–Trinajstić information content (AvgIpc) is 2.08.